The van der Waals surface area contributed by atoms with E-state index in [9.17, 15) is 14.7 Å². The highest BCUT2D eigenvalue weighted by atomic mass is 19.1. The van der Waals surface area contributed by atoms with E-state index in [1.807, 2.05) is 4.57 Å². The van der Waals surface area contributed by atoms with Crippen LogP contribution in [0.5, 0.6) is 0 Å². The number of fused-ring (bicyclic) bond motifs is 2. The summed E-state index contributed by atoms with van der Waals surface area (Å²) in [6, 6.07) is 2.42. The molecule has 1 saturated carbocycles. The molecule has 0 amide bonds. The highest BCUT2D eigenvalue weighted by Crippen LogP contribution is 2.39. The number of piperazine rings is 1. The molecule has 1 N–H and O–H groups in total. The maximum absolute atomic E-state index is 15.4. The molecule has 1 unspecified atom stereocenters. The number of aromatic nitrogens is 1. The largest absolute Gasteiger partial charge is 0.477 e. The number of aryl methyl sites for hydroxylation is 1. The van der Waals surface area contributed by atoms with Crippen molar-refractivity contribution in [1.82, 2.24) is 9.47 Å². The number of carboxylic acid groups (broad SMARTS) is 1. The Morgan fingerprint density at radius 3 is 2.68 bits per heavy atom. The van der Waals surface area contributed by atoms with E-state index in [1.54, 1.807) is 13.0 Å². The first kappa shape index (κ1) is 17.7. The van der Waals surface area contributed by atoms with E-state index in [1.165, 1.54) is 12.6 Å². The number of hydrogen-bond donors (Lipinski definition) is 1. The monoisotopic (exact) mass is 385 g/mol. The standard InChI is InChI=1S/C21H24FN3O3/c1-12-18-16(25(13-4-5-13)11-15(20(18)26)21(27)28)9-17(19(12)22)24-8-7-23-6-2-3-14(23)10-24/h9,11,13-14H,2-8,10H2,1H3,(H,27,28). The van der Waals surface area contributed by atoms with Crippen LogP contribution in [0, 0.1) is 12.7 Å². The summed E-state index contributed by atoms with van der Waals surface area (Å²) in [5.41, 5.74) is 0.565. The van der Waals surface area contributed by atoms with Crippen LogP contribution in [0.25, 0.3) is 10.9 Å². The lowest BCUT2D eigenvalue weighted by Crippen LogP contribution is -2.50. The van der Waals surface area contributed by atoms with E-state index in [2.05, 4.69) is 9.80 Å². The molecule has 0 radical (unpaired) electrons. The van der Waals surface area contributed by atoms with Crippen LogP contribution in [0.15, 0.2) is 17.1 Å². The molecule has 0 bridgehead atoms. The molecule has 2 aromatic rings. The molecule has 0 spiro atoms. The normalized spacial score (nSPS) is 22.6. The highest BCUT2D eigenvalue weighted by molar-refractivity contribution is 5.95. The highest BCUT2D eigenvalue weighted by Gasteiger charge is 2.33. The van der Waals surface area contributed by atoms with Crippen molar-refractivity contribution in [1.29, 1.82) is 0 Å². The van der Waals surface area contributed by atoms with Crippen LogP contribution in [0.4, 0.5) is 10.1 Å². The lowest BCUT2D eigenvalue weighted by atomic mass is 10.0. The topological polar surface area (TPSA) is 65.8 Å². The fourth-order valence-electron chi connectivity index (χ4n) is 4.90. The molecule has 1 atom stereocenters. The van der Waals surface area contributed by atoms with Gasteiger partial charge in [-0.1, -0.05) is 0 Å². The Hall–Kier alpha value is -2.41. The quantitative estimate of drug-likeness (QED) is 0.880. The molecule has 7 heteroatoms. The van der Waals surface area contributed by atoms with Gasteiger partial charge in [-0.15, -0.1) is 0 Å². The number of aromatic carboxylic acids is 1. The van der Waals surface area contributed by atoms with Gasteiger partial charge in [0.2, 0.25) is 5.43 Å². The maximum Gasteiger partial charge on any atom is 0.341 e. The van der Waals surface area contributed by atoms with Crippen molar-refractivity contribution in [3.63, 3.8) is 0 Å². The fraction of sp³-hybridized carbons (Fsp3) is 0.524. The third kappa shape index (κ3) is 2.64. The molecule has 148 valence electrons. The summed E-state index contributed by atoms with van der Waals surface area (Å²) in [5.74, 6) is -1.66. The first-order valence-corrected chi connectivity index (χ1v) is 10.1. The van der Waals surface area contributed by atoms with Crippen molar-refractivity contribution in [2.75, 3.05) is 31.1 Å². The molecule has 5 rings (SSSR count). The number of pyridine rings is 1. The lowest BCUT2D eigenvalue weighted by molar-refractivity contribution is 0.0695. The molecule has 1 aromatic carbocycles. The van der Waals surface area contributed by atoms with Gasteiger partial charge in [-0.05, 0) is 45.2 Å². The number of nitrogens with zero attached hydrogens (tertiary/aromatic N) is 3. The number of halogens is 1. The Balaban J connectivity index is 1.69. The van der Waals surface area contributed by atoms with E-state index in [0.29, 0.717) is 17.2 Å². The number of hydrogen-bond acceptors (Lipinski definition) is 4. The van der Waals surface area contributed by atoms with Gasteiger partial charge in [0.15, 0.2) is 0 Å². The summed E-state index contributed by atoms with van der Waals surface area (Å²) in [5, 5.41) is 9.64. The van der Waals surface area contributed by atoms with Crippen LogP contribution in [-0.4, -0.2) is 52.8 Å². The minimum Gasteiger partial charge on any atom is -0.477 e. The average Bonchev–Trinajstić information content (AvgIpc) is 3.40. The molecule has 3 fully saturated rings. The van der Waals surface area contributed by atoms with Gasteiger partial charge in [0.1, 0.15) is 11.4 Å². The van der Waals surface area contributed by atoms with E-state index >= 15 is 4.39 Å². The predicted octanol–water partition coefficient (Wildman–Crippen LogP) is 2.77. The van der Waals surface area contributed by atoms with Crippen LogP contribution in [0.3, 0.4) is 0 Å². The van der Waals surface area contributed by atoms with Gasteiger partial charge in [-0.25, -0.2) is 9.18 Å². The zero-order valence-corrected chi connectivity index (χ0v) is 15.9. The molecular formula is C21H24FN3O3. The molecule has 2 aliphatic heterocycles. The summed E-state index contributed by atoms with van der Waals surface area (Å²) in [6.45, 7) is 5.20. The van der Waals surface area contributed by atoms with Crippen LogP contribution >= 0.6 is 0 Å². The van der Waals surface area contributed by atoms with E-state index < -0.39 is 17.2 Å². The van der Waals surface area contributed by atoms with Gasteiger partial charge in [-0.2, -0.15) is 0 Å². The Morgan fingerprint density at radius 2 is 1.96 bits per heavy atom. The van der Waals surface area contributed by atoms with E-state index in [0.717, 1.165) is 45.4 Å². The SMILES string of the molecule is Cc1c(F)c(N2CCN3CCCC3C2)cc2c1c(=O)c(C(=O)O)cn2C1CC1. The summed E-state index contributed by atoms with van der Waals surface area (Å²) in [6.07, 6.45) is 5.67. The summed E-state index contributed by atoms with van der Waals surface area (Å²) in [7, 11) is 0. The van der Waals surface area contributed by atoms with Crippen molar-refractivity contribution in [2.45, 2.75) is 44.7 Å². The zero-order valence-electron chi connectivity index (χ0n) is 15.9. The first-order valence-electron chi connectivity index (χ1n) is 10.1. The van der Waals surface area contributed by atoms with E-state index in [4.69, 9.17) is 0 Å². The lowest BCUT2D eigenvalue weighted by Gasteiger charge is -2.39. The smallest absolute Gasteiger partial charge is 0.341 e. The molecule has 3 aliphatic rings. The van der Waals surface area contributed by atoms with Crippen LogP contribution < -0.4 is 10.3 Å². The van der Waals surface area contributed by atoms with Gasteiger partial charge in [-0.3, -0.25) is 9.69 Å². The number of benzene rings is 1. The minimum atomic E-state index is -1.26. The Morgan fingerprint density at radius 1 is 1.18 bits per heavy atom. The van der Waals surface area contributed by atoms with Crippen LogP contribution in [-0.2, 0) is 0 Å². The number of rotatable bonds is 3. The second-order valence-corrected chi connectivity index (χ2v) is 8.32. The molecule has 3 heterocycles. The molecule has 28 heavy (non-hydrogen) atoms. The molecule has 1 aromatic heterocycles. The molecule has 1 aliphatic carbocycles. The van der Waals surface area contributed by atoms with Crippen LogP contribution in [0.1, 0.15) is 47.6 Å². The maximum atomic E-state index is 15.4. The number of anilines is 1. The first-order chi connectivity index (χ1) is 13.5. The Labute approximate surface area is 162 Å². The Kier molecular flexibility index (Phi) is 3.98. The van der Waals surface area contributed by atoms with Crippen molar-refractivity contribution < 1.29 is 14.3 Å². The number of carboxylic acids is 1. The third-order valence-corrected chi connectivity index (χ3v) is 6.58. The van der Waals surface area contributed by atoms with Crippen molar-refractivity contribution in [3.05, 3.63) is 39.4 Å². The number of carbonyl (C=O) groups is 1. The average molecular weight is 385 g/mol. The fourth-order valence-corrected chi connectivity index (χ4v) is 4.90. The second kappa shape index (κ2) is 6.30. The molecule has 2 saturated heterocycles. The van der Waals surface area contributed by atoms with Crippen molar-refractivity contribution in [3.8, 4) is 0 Å². The third-order valence-electron chi connectivity index (χ3n) is 6.58. The van der Waals surface area contributed by atoms with Gasteiger partial charge in [0.05, 0.1) is 16.6 Å². The van der Waals surface area contributed by atoms with Gasteiger partial charge < -0.3 is 14.6 Å². The van der Waals surface area contributed by atoms with Crippen molar-refractivity contribution in [2.24, 2.45) is 0 Å². The molecule has 6 nitrogen and oxygen atoms in total. The van der Waals surface area contributed by atoms with Gasteiger partial charge in [0, 0.05) is 43.5 Å². The summed E-state index contributed by atoms with van der Waals surface area (Å²) < 4.78 is 17.2. The van der Waals surface area contributed by atoms with Crippen molar-refractivity contribution >= 4 is 22.6 Å². The van der Waals surface area contributed by atoms with Crippen LogP contribution in [0.2, 0.25) is 0 Å². The minimum absolute atomic E-state index is 0.186. The van der Waals surface area contributed by atoms with E-state index in [-0.39, 0.29) is 22.6 Å². The molecular weight excluding hydrogens is 361 g/mol. The summed E-state index contributed by atoms with van der Waals surface area (Å²) >= 11 is 0. The van der Waals surface area contributed by atoms with Gasteiger partial charge in [0.25, 0.3) is 0 Å². The second-order valence-electron chi connectivity index (χ2n) is 8.32. The summed E-state index contributed by atoms with van der Waals surface area (Å²) in [4.78, 5) is 28.9. The Bertz CT molecular complexity index is 1040. The van der Waals surface area contributed by atoms with Gasteiger partial charge >= 0.3 is 5.97 Å². The predicted molar refractivity (Wildman–Crippen MR) is 105 cm³/mol. The zero-order chi connectivity index (χ0) is 19.6.